The van der Waals surface area contributed by atoms with E-state index in [9.17, 15) is 4.79 Å². The molecule has 0 bridgehead atoms. The van der Waals surface area contributed by atoms with Crippen LogP contribution in [-0.4, -0.2) is 30.7 Å². The van der Waals surface area contributed by atoms with Gasteiger partial charge in [-0.2, -0.15) is 0 Å². The van der Waals surface area contributed by atoms with Crippen LogP contribution in [0.1, 0.15) is 33.1 Å². The molecular formula is C10H20N2O2. The molecule has 0 aromatic heterocycles. The van der Waals surface area contributed by atoms with E-state index in [0.717, 1.165) is 19.3 Å². The molecule has 0 aliphatic carbocycles. The minimum atomic E-state index is -0.461. The summed E-state index contributed by atoms with van der Waals surface area (Å²) in [4.78, 5) is 17.3. The summed E-state index contributed by atoms with van der Waals surface area (Å²) in [6, 6.07) is 0. The predicted octanol–water partition coefficient (Wildman–Crippen LogP) is 0.915. The first-order valence-electron chi connectivity index (χ1n) is 5.29. The van der Waals surface area contributed by atoms with Gasteiger partial charge in [-0.25, -0.2) is 5.06 Å². The van der Waals surface area contributed by atoms with Crippen LogP contribution in [-0.2, 0) is 9.63 Å². The molecule has 2 N–H and O–H groups in total. The molecule has 1 atom stereocenters. The Morgan fingerprint density at radius 3 is 2.71 bits per heavy atom. The van der Waals surface area contributed by atoms with E-state index in [-0.39, 0.29) is 5.91 Å². The number of hydrogen-bond acceptors (Lipinski definition) is 3. The van der Waals surface area contributed by atoms with E-state index < -0.39 is 5.41 Å². The molecule has 0 saturated carbocycles. The van der Waals surface area contributed by atoms with Gasteiger partial charge in [0.1, 0.15) is 0 Å². The van der Waals surface area contributed by atoms with Crippen LogP contribution in [0, 0.1) is 5.41 Å². The van der Waals surface area contributed by atoms with Gasteiger partial charge in [-0.05, 0) is 26.2 Å². The van der Waals surface area contributed by atoms with Gasteiger partial charge in [0.15, 0.2) is 0 Å². The third kappa shape index (κ3) is 2.25. The van der Waals surface area contributed by atoms with Crippen molar-refractivity contribution in [2.45, 2.75) is 33.1 Å². The summed E-state index contributed by atoms with van der Waals surface area (Å²) in [5, 5.41) is 1.49. The van der Waals surface area contributed by atoms with Gasteiger partial charge in [-0.3, -0.25) is 9.63 Å². The number of amides is 1. The van der Waals surface area contributed by atoms with Gasteiger partial charge in [0.25, 0.3) is 5.91 Å². The fraction of sp³-hybridized carbons (Fsp3) is 0.900. The monoisotopic (exact) mass is 200 g/mol. The van der Waals surface area contributed by atoms with Crippen molar-refractivity contribution in [3.63, 3.8) is 0 Å². The average molecular weight is 200 g/mol. The van der Waals surface area contributed by atoms with Gasteiger partial charge in [0.2, 0.25) is 0 Å². The largest absolute Gasteiger partial charge is 0.329 e. The fourth-order valence-corrected chi connectivity index (χ4v) is 1.44. The maximum Gasteiger partial charge on any atom is 0.253 e. The Bertz CT molecular complexity index is 196. The van der Waals surface area contributed by atoms with Crippen LogP contribution in [0.3, 0.4) is 0 Å². The summed E-state index contributed by atoms with van der Waals surface area (Å²) >= 11 is 0. The van der Waals surface area contributed by atoms with E-state index in [0.29, 0.717) is 19.7 Å². The summed E-state index contributed by atoms with van der Waals surface area (Å²) in [5.74, 6) is 0.0298. The zero-order valence-corrected chi connectivity index (χ0v) is 9.08. The average Bonchev–Trinajstić information content (AvgIpc) is 2.28. The minimum Gasteiger partial charge on any atom is -0.329 e. The number of nitrogens with two attached hydrogens (primary N) is 1. The molecule has 82 valence electrons. The Morgan fingerprint density at radius 2 is 2.29 bits per heavy atom. The Hall–Kier alpha value is -0.610. The van der Waals surface area contributed by atoms with Crippen LogP contribution in [0.15, 0.2) is 0 Å². The number of hydroxylamine groups is 2. The van der Waals surface area contributed by atoms with Crippen LogP contribution >= 0.6 is 0 Å². The van der Waals surface area contributed by atoms with Gasteiger partial charge in [-0.15, -0.1) is 0 Å². The molecule has 0 spiro atoms. The highest BCUT2D eigenvalue weighted by Gasteiger charge is 2.35. The van der Waals surface area contributed by atoms with Crippen molar-refractivity contribution in [3.05, 3.63) is 0 Å². The zero-order chi connectivity index (χ0) is 10.6. The molecule has 0 aromatic carbocycles. The van der Waals surface area contributed by atoms with Crippen molar-refractivity contribution in [2.75, 3.05) is 19.7 Å². The molecule has 1 saturated heterocycles. The molecule has 1 rings (SSSR count). The number of rotatable bonds is 3. The first kappa shape index (κ1) is 11.5. The Morgan fingerprint density at radius 1 is 1.57 bits per heavy atom. The smallest absolute Gasteiger partial charge is 0.253 e. The van der Waals surface area contributed by atoms with Gasteiger partial charge < -0.3 is 5.73 Å². The summed E-state index contributed by atoms with van der Waals surface area (Å²) in [6.45, 7) is 5.61. The number of carbonyl (C=O) groups excluding carboxylic acids is 1. The van der Waals surface area contributed by atoms with Crippen molar-refractivity contribution in [2.24, 2.45) is 11.1 Å². The van der Waals surface area contributed by atoms with Crippen LogP contribution < -0.4 is 5.73 Å². The highest BCUT2D eigenvalue weighted by Crippen LogP contribution is 2.24. The predicted molar refractivity (Wildman–Crippen MR) is 54.4 cm³/mol. The first-order valence-corrected chi connectivity index (χ1v) is 5.29. The lowest BCUT2D eigenvalue weighted by atomic mass is 9.86. The highest BCUT2D eigenvalue weighted by molar-refractivity contribution is 5.81. The van der Waals surface area contributed by atoms with Crippen LogP contribution in [0.5, 0.6) is 0 Å². The molecule has 14 heavy (non-hydrogen) atoms. The lowest BCUT2D eigenvalue weighted by Gasteiger charge is -2.34. The SMILES string of the molecule is CCC(C)(CN)C(=O)N1CCCCO1. The van der Waals surface area contributed by atoms with E-state index in [1.54, 1.807) is 0 Å². The Balaban J connectivity index is 2.61. The van der Waals surface area contributed by atoms with Crippen molar-refractivity contribution < 1.29 is 9.63 Å². The molecule has 0 aromatic rings. The van der Waals surface area contributed by atoms with Gasteiger partial charge in [0, 0.05) is 13.1 Å². The highest BCUT2D eigenvalue weighted by atomic mass is 16.7. The Kier molecular flexibility index (Phi) is 3.89. The molecule has 1 aliphatic heterocycles. The molecule has 1 unspecified atom stereocenters. The normalized spacial score (nSPS) is 21.8. The van der Waals surface area contributed by atoms with E-state index in [4.69, 9.17) is 10.6 Å². The Labute approximate surface area is 85.3 Å². The maximum absolute atomic E-state index is 12.0. The second kappa shape index (κ2) is 4.75. The first-order chi connectivity index (χ1) is 6.64. The minimum absolute atomic E-state index is 0.0298. The van der Waals surface area contributed by atoms with E-state index in [2.05, 4.69) is 0 Å². The van der Waals surface area contributed by atoms with Crippen LogP contribution in [0.25, 0.3) is 0 Å². The van der Waals surface area contributed by atoms with E-state index >= 15 is 0 Å². The second-order valence-electron chi connectivity index (χ2n) is 4.07. The standard InChI is InChI=1S/C10H20N2O2/c1-3-10(2,8-11)9(13)12-6-4-5-7-14-12/h3-8,11H2,1-2H3. The quantitative estimate of drug-likeness (QED) is 0.737. The molecule has 1 fully saturated rings. The van der Waals surface area contributed by atoms with Gasteiger partial charge in [0.05, 0.1) is 12.0 Å². The number of carbonyl (C=O) groups is 1. The molecule has 4 nitrogen and oxygen atoms in total. The van der Waals surface area contributed by atoms with Crippen LogP contribution in [0.4, 0.5) is 0 Å². The van der Waals surface area contributed by atoms with Gasteiger partial charge >= 0.3 is 0 Å². The maximum atomic E-state index is 12.0. The van der Waals surface area contributed by atoms with Crippen LogP contribution in [0.2, 0.25) is 0 Å². The molecule has 1 amide bonds. The zero-order valence-electron chi connectivity index (χ0n) is 9.08. The molecule has 1 aliphatic rings. The molecular weight excluding hydrogens is 180 g/mol. The molecule has 4 heteroatoms. The van der Waals surface area contributed by atoms with Crippen molar-refractivity contribution in [1.29, 1.82) is 0 Å². The topological polar surface area (TPSA) is 55.6 Å². The summed E-state index contributed by atoms with van der Waals surface area (Å²) < 4.78 is 0. The lowest BCUT2D eigenvalue weighted by Crippen LogP contribution is -2.47. The van der Waals surface area contributed by atoms with E-state index in [1.165, 1.54) is 5.06 Å². The van der Waals surface area contributed by atoms with Crippen molar-refractivity contribution in [1.82, 2.24) is 5.06 Å². The van der Waals surface area contributed by atoms with Gasteiger partial charge in [-0.1, -0.05) is 6.92 Å². The molecule has 0 radical (unpaired) electrons. The second-order valence-corrected chi connectivity index (χ2v) is 4.07. The lowest BCUT2D eigenvalue weighted by molar-refractivity contribution is -0.206. The third-order valence-corrected chi connectivity index (χ3v) is 2.98. The van der Waals surface area contributed by atoms with Crippen molar-refractivity contribution >= 4 is 5.91 Å². The molecule has 1 heterocycles. The summed E-state index contributed by atoms with van der Waals surface area (Å²) in [5.41, 5.74) is 5.16. The number of nitrogens with zero attached hydrogens (tertiary/aromatic N) is 1. The number of hydrogen-bond donors (Lipinski definition) is 1. The fourth-order valence-electron chi connectivity index (χ4n) is 1.44. The summed E-state index contributed by atoms with van der Waals surface area (Å²) in [7, 11) is 0. The van der Waals surface area contributed by atoms with E-state index in [1.807, 2.05) is 13.8 Å². The summed E-state index contributed by atoms with van der Waals surface area (Å²) in [6.07, 6.45) is 2.81. The third-order valence-electron chi connectivity index (χ3n) is 2.98. The van der Waals surface area contributed by atoms with Crippen molar-refractivity contribution in [3.8, 4) is 0 Å².